The number of hydrogen-bond acceptors (Lipinski definition) is 5. The molecule has 0 aliphatic rings. The molecule has 0 radical (unpaired) electrons. The highest BCUT2D eigenvalue weighted by Gasteiger charge is 2.40. The van der Waals surface area contributed by atoms with Gasteiger partial charge in [-0.1, -0.05) is 35.8 Å². The zero-order chi connectivity index (χ0) is 18.4. The van der Waals surface area contributed by atoms with Gasteiger partial charge in [-0.25, -0.2) is 4.79 Å². The van der Waals surface area contributed by atoms with E-state index in [9.17, 15) is 14.7 Å². The van der Waals surface area contributed by atoms with Crippen molar-refractivity contribution in [2.45, 2.75) is 45.1 Å². The lowest BCUT2D eigenvalue weighted by molar-refractivity contribution is -0.148. The summed E-state index contributed by atoms with van der Waals surface area (Å²) in [5, 5.41) is 16.6. The summed E-state index contributed by atoms with van der Waals surface area (Å²) in [5.41, 5.74) is -1.00. The molecule has 1 aromatic heterocycles. The van der Waals surface area contributed by atoms with E-state index in [0.717, 1.165) is 0 Å². The van der Waals surface area contributed by atoms with E-state index >= 15 is 0 Å². The minimum Gasteiger partial charge on any atom is -0.479 e. The first-order valence-corrected chi connectivity index (χ1v) is 8.35. The van der Waals surface area contributed by atoms with Crippen LogP contribution in [0.4, 0.5) is 0 Å². The zero-order valence-corrected chi connectivity index (χ0v) is 14.8. The van der Waals surface area contributed by atoms with Crippen LogP contribution in [-0.2, 0) is 21.5 Å². The molecule has 0 fully saturated rings. The fourth-order valence-electron chi connectivity index (χ4n) is 2.57. The second-order valence-electron chi connectivity index (χ2n) is 5.71. The number of hydrogen-bond donors (Lipinski definition) is 2. The molecule has 1 aromatic carbocycles. The highest BCUT2D eigenvalue weighted by atomic mass is 35.5. The monoisotopic (exact) mass is 365 g/mol. The maximum absolute atomic E-state index is 12.3. The molecule has 1 unspecified atom stereocenters. The number of rotatable bonds is 8. The van der Waals surface area contributed by atoms with Gasteiger partial charge in [0.25, 0.3) is 0 Å². The number of carboxylic acids is 1. The predicted molar refractivity (Wildman–Crippen MR) is 91.2 cm³/mol. The smallest absolute Gasteiger partial charge is 0.334 e. The van der Waals surface area contributed by atoms with Gasteiger partial charge in [-0.15, -0.1) is 0 Å². The van der Waals surface area contributed by atoms with E-state index in [2.05, 4.69) is 15.5 Å². The van der Waals surface area contributed by atoms with E-state index in [1.165, 1.54) is 0 Å². The minimum atomic E-state index is -1.48. The molecular weight excluding hydrogens is 346 g/mol. The van der Waals surface area contributed by atoms with Gasteiger partial charge in [-0.05, 0) is 37.5 Å². The van der Waals surface area contributed by atoms with E-state index in [0.29, 0.717) is 35.1 Å². The molecule has 1 heterocycles. The second kappa shape index (κ2) is 8.11. The first kappa shape index (κ1) is 18.9. The van der Waals surface area contributed by atoms with Crippen molar-refractivity contribution in [2.24, 2.45) is 0 Å². The van der Waals surface area contributed by atoms with Crippen LogP contribution in [0, 0.1) is 6.92 Å². The molecule has 0 aliphatic carbocycles. The van der Waals surface area contributed by atoms with Gasteiger partial charge in [0.1, 0.15) is 0 Å². The molecule has 2 N–H and O–H groups in total. The fourth-order valence-corrected chi connectivity index (χ4v) is 2.70. The summed E-state index contributed by atoms with van der Waals surface area (Å²) in [4.78, 5) is 28.2. The van der Waals surface area contributed by atoms with Crippen molar-refractivity contribution in [3.05, 3.63) is 46.6 Å². The average molecular weight is 366 g/mol. The van der Waals surface area contributed by atoms with Crippen LogP contribution < -0.4 is 5.32 Å². The Morgan fingerprint density at radius 2 is 2.00 bits per heavy atom. The quantitative estimate of drug-likeness (QED) is 0.745. The van der Waals surface area contributed by atoms with Gasteiger partial charge < -0.3 is 14.9 Å². The van der Waals surface area contributed by atoms with Crippen molar-refractivity contribution in [1.82, 2.24) is 15.5 Å². The van der Waals surface area contributed by atoms with E-state index < -0.39 is 11.5 Å². The summed E-state index contributed by atoms with van der Waals surface area (Å²) in [6.07, 6.45) is 1.30. The number of halogens is 1. The Morgan fingerprint density at radius 3 is 2.52 bits per heavy atom. The van der Waals surface area contributed by atoms with Crippen LogP contribution in [-0.4, -0.2) is 27.1 Å². The molecule has 1 amide bonds. The molecule has 2 rings (SSSR count). The highest BCUT2D eigenvalue weighted by molar-refractivity contribution is 6.30. The number of carbonyl (C=O) groups is 2. The second-order valence-corrected chi connectivity index (χ2v) is 6.14. The van der Waals surface area contributed by atoms with Crippen molar-refractivity contribution < 1.29 is 19.2 Å². The molecule has 0 saturated carbocycles. The lowest BCUT2D eigenvalue weighted by atomic mass is 9.87. The Balaban J connectivity index is 2.04. The van der Waals surface area contributed by atoms with Crippen molar-refractivity contribution in [1.29, 1.82) is 0 Å². The number of carboxylic acid groups (broad SMARTS) is 1. The molecule has 0 spiro atoms. The molecule has 0 saturated heterocycles. The summed E-state index contributed by atoms with van der Waals surface area (Å²) >= 11 is 5.86. The van der Waals surface area contributed by atoms with Crippen LogP contribution in [0.3, 0.4) is 0 Å². The van der Waals surface area contributed by atoms with Crippen LogP contribution >= 0.6 is 11.6 Å². The summed E-state index contributed by atoms with van der Waals surface area (Å²) in [7, 11) is 0. The third-order valence-corrected chi connectivity index (χ3v) is 4.20. The Bertz CT molecular complexity index is 745. The van der Waals surface area contributed by atoms with Gasteiger partial charge in [0, 0.05) is 17.9 Å². The third kappa shape index (κ3) is 4.57. The van der Waals surface area contributed by atoms with Gasteiger partial charge in [0.05, 0.1) is 0 Å². The number of carbonyl (C=O) groups excluding carboxylic acids is 1. The minimum absolute atomic E-state index is 0.157. The van der Waals surface area contributed by atoms with Gasteiger partial charge in [-0.3, -0.25) is 4.79 Å². The number of benzene rings is 1. The number of aliphatic carboxylic acids is 1. The van der Waals surface area contributed by atoms with Crippen LogP contribution in [0.15, 0.2) is 28.8 Å². The molecular formula is C17H20ClN3O4. The average Bonchev–Trinajstić information content (AvgIpc) is 2.98. The molecule has 1 atom stereocenters. The Morgan fingerprint density at radius 1 is 1.32 bits per heavy atom. The van der Waals surface area contributed by atoms with Gasteiger partial charge >= 0.3 is 5.97 Å². The van der Waals surface area contributed by atoms with Crippen LogP contribution in [0.5, 0.6) is 0 Å². The van der Waals surface area contributed by atoms with Gasteiger partial charge in [0.15, 0.2) is 11.4 Å². The SMILES string of the molecule is CCC(NC(=O)CCCc1nc(C)no1)(C(=O)O)c1ccc(Cl)cc1. The van der Waals surface area contributed by atoms with Crippen LogP contribution in [0.1, 0.15) is 43.5 Å². The van der Waals surface area contributed by atoms with E-state index in [1.54, 1.807) is 38.1 Å². The normalized spacial score (nSPS) is 13.2. The molecule has 134 valence electrons. The maximum atomic E-state index is 12.3. The van der Waals surface area contributed by atoms with Crippen molar-refractivity contribution in [3.8, 4) is 0 Å². The number of nitrogens with one attached hydrogen (secondary N) is 1. The first-order chi connectivity index (χ1) is 11.9. The Labute approximate surface area is 150 Å². The number of aromatic nitrogens is 2. The van der Waals surface area contributed by atoms with E-state index in [1.807, 2.05) is 0 Å². The lowest BCUT2D eigenvalue weighted by Crippen LogP contribution is -2.51. The Kier molecular flexibility index (Phi) is 6.14. The van der Waals surface area contributed by atoms with Gasteiger partial charge in [0.2, 0.25) is 11.8 Å². The van der Waals surface area contributed by atoms with Gasteiger partial charge in [-0.2, -0.15) is 4.98 Å². The number of amides is 1. The number of aryl methyl sites for hydroxylation is 2. The lowest BCUT2D eigenvalue weighted by Gasteiger charge is -2.30. The molecule has 0 aliphatic heterocycles. The standard InChI is InChI=1S/C17H20ClN3O4/c1-3-17(16(23)24,12-7-9-13(18)10-8-12)20-14(22)5-4-6-15-19-11(2)21-25-15/h7-10H,3-6H2,1-2H3,(H,20,22)(H,23,24). The highest BCUT2D eigenvalue weighted by Crippen LogP contribution is 2.27. The summed E-state index contributed by atoms with van der Waals surface area (Å²) in [6, 6.07) is 6.44. The van der Waals surface area contributed by atoms with Crippen molar-refractivity contribution in [3.63, 3.8) is 0 Å². The molecule has 25 heavy (non-hydrogen) atoms. The fraction of sp³-hybridized carbons (Fsp3) is 0.412. The van der Waals surface area contributed by atoms with Crippen LogP contribution in [0.2, 0.25) is 5.02 Å². The van der Waals surface area contributed by atoms with Crippen LogP contribution in [0.25, 0.3) is 0 Å². The summed E-state index contributed by atoms with van der Waals surface area (Å²) < 4.78 is 4.99. The van der Waals surface area contributed by atoms with Crippen molar-refractivity contribution in [2.75, 3.05) is 0 Å². The third-order valence-electron chi connectivity index (χ3n) is 3.95. The zero-order valence-electron chi connectivity index (χ0n) is 14.1. The molecule has 7 nitrogen and oxygen atoms in total. The van der Waals surface area contributed by atoms with Crippen molar-refractivity contribution >= 4 is 23.5 Å². The predicted octanol–water partition coefficient (Wildman–Crippen LogP) is 2.86. The summed E-state index contributed by atoms with van der Waals surface area (Å²) in [6.45, 7) is 3.43. The largest absolute Gasteiger partial charge is 0.479 e. The molecule has 0 bridgehead atoms. The topological polar surface area (TPSA) is 105 Å². The van der Waals surface area contributed by atoms with E-state index in [4.69, 9.17) is 16.1 Å². The number of nitrogens with zero attached hydrogens (tertiary/aromatic N) is 2. The Hall–Kier alpha value is -2.41. The molecule has 2 aromatic rings. The van der Waals surface area contributed by atoms with E-state index in [-0.39, 0.29) is 18.7 Å². The first-order valence-electron chi connectivity index (χ1n) is 7.97. The maximum Gasteiger partial charge on any atom is 0.334 e. The summed E-state index contributed by atoms with van der Waals surface area (Å²) in [5.74, 6) is -0.463. The molecule has 8 heteroatoms.